The molecule has 0 aromatic heterocycles. The van der Waals surface area contributed by atoms with Crippen LogP contribution in [0.4, 0.5) is 11.4 Å². The predicted octanol–water partition coefficient (Wildman–Crippen LogP) is -0.0287. The second-order valence-electron chi connectivity index (χ2n) is 5.87. The van der Waals surface area contributed by atoms with Gasteiger partial charge in [-0.3, -0.25) is 19.7 Å². The molecule has 3 N–H and O–H groups in total. The van der Waals surface area contributed by atoms with E-state index in [1.807, 2.05) is 20.8 Å². The summed E-state index contributed by atoms with van der Waals surface area (Å²) in [4.78, 5) is 35.3. The average Bonchev–Trinajstić information content (AvgIpc) is 2.53. The number of ether oxygens (including phenoxy) is 1. The van der Waals surface area contributed by atoms with Crippen LogP contribution in [-0.4, -0.2) is 49.5 Å². The summed E-state index contributed by atoms with van der Waals surface area (Å²) in [5, 5.41) is 16.4. The van der Waals surface area contributed by atoms with E-state index in [4.69, 9.17) is 4.74 Å². The molecule has 25 heavy (non-hydrogen) atoms. The van der Waals surface area contributed by atoms with E-state index in [0.29, 0.717) is 12.3 Å². The summed E-state index contributed by atoms with van der Waals surface area (Å²) >= 11 is 0. The standard InChI is InChI=1S/C16H24N4O5/c1-5-19(9-15(21)17-11(2)3)10-16(22)18-13-7-6-12(25-4)8-14(13)20(23)24/h6-8,11H,5,9-10H2,1-4H3,(H,17,21)(H,18,22)/p+1. The lowest BCUT2D eigenvalue weighted by Gasteiger charge is -2.17. The fraction of sp³-hybridized carbons (Fsp3) is 0.500. The fourth-order valence-electron chi connectivity index (χ4n) is 2.23. The Morgan fingerprint density at radius 3 is 2.44 bits per heavy atom. The van der Waals surface area contributed by atoms with Crippen molar-refractivity contribution >= 4 is 23.2 Å². The summed E-state index contributed by atoms with van der Waals surface area (Å²) in [6.45, 7) is 6.35. The third-order valence-electron chi connectivity index (χ3n) is 3.45. The van der Waals surface area contributed by atoms with Crippen LogP contribution in [0.25, 0.3) is 0 Å². The maximum Gasteiger partial charge on any atom is 0.296 e. The number of nitro groups is 1. The predicted molar refractivity (Wildman–Crippen MR) is 92.8 cm³/mol. The molecule has 0 saturated carbocycles. The van der Waals surface area contributed by atoms with E-state index in [1.54, 1.807) is 0 Å². The highest BCUT2D eigenvalue weighted by Crippen LogP contribution is 2.28. The van der Waals surface area contributed by atoms with Gasteiger partial charge in [-0.15, -0.1) is 0 Å². The zero-order valence-electron chi connectivity index (χ0n) is 14.9. The van der Waals surface area contributed by atoms with Crippen LogP contribution in [0.2, 0.25) is 0 Å². The molecule has 0 saturated heterocycles. The van der Waals surface area contributed by atoms with Gasteiger partial charge in [0.05, 0.1) is 24.6 Å². The van der Waals surface area contributed by atoms with E-state index in [9.17, 15) is 19.7 Å². The maximum atomic E-state index is 12.2. The summed E-state index contributed by atoms with van der Waals surface area (Å²) in [6.07, 6.45) is 0. The molecule has 1 aromatic carbocycles. The normalized spacial score (nSPS) is 11.7. The minimum atomic E-state index is -0.585. The lowest BCUT2D eigenvalue weighted by atomic mass is 10.2. The van der Waals surface area contributed by atoms with Crippen molar-refractivity contribution in [3.05, 3.63) is 28.3 Å². The molecule has 0 aliphatic rings. The van der Waals surface area contributed by atoms with Gasteiger partial charge < -0.3 is 20.3 Å². The van der Waals surface area contributed by atoms with Crippen molar-refractivity contribution in [3.8, 4) is 5.75 Å². The summed E-state index contributed by atoms with van der Waals surface area (Å²) < 4.78 is 4.96. The van der Waals surface area contributed by atoms with Gasteiger partial charge in [0, 0.05) is 6.04 Å². The Labute approximate surface area is 146 Å². The lowest BCUT2D eigenvalue weighted by molar-refractivity contribution is -0.881. The van der Waals surface area contributed by atoms with E-state index in [2.05, 4.69) is 10.6 Å². The third kappa shape index (κ3) is 6.76. The minimum absolute atomic E-state index is 0.0291. The van der Waals surface area contributed by atoms with Crippen LogP contribution in [-0.2, 0) is 9.59 Å². The first-order valence-electron chi connectivity index (χ1n) is 8.02. The Hall–Kier alpha value is -2.68. The highest BCUT2D eigenvalue weighted by atomic mass is 16.6. The number of hydrogen-bond acceptors (Lipinski definition) is 5. The van der Waals surface area contributed by atoms with Gasteiger partial charge >= 0.3 is 0 Å². The van der Waals surface area contributed by atoms with E-state index in [-0.39, 0.29) is 36.4 Å². The van der Waals surface area contributed by atoms with Crippen LogP contribution in [0.1, 0.15) is 20.8 Å². The molecule has 0 bridgehead atoms. The van der Waals surface area contributed by atoms with Crippen molar-refractivity contribution in [1.29, 1.82) is 0 Å². The second kappa shape index (κ2) is 9.58. The summed E-state index contributed by atoms with van der Waals surface area (Å²) in [5.74, 6) is -0.214. The Bertz CT molecular complexity index is 633. The van der Waals surface area contributed by atoms with Crippen LogP contribution in [0.3, 0.4) is 0 Å². The molecule has 0 aliphatic carbocycles. The van der Waals surface area contributed by atoms with Gasteiger partial charge in [-0.2, -0.15) is 0 Å². The lowest BCUT2D eigenvalue weighted by Crippen LogP contribution is -3.14. The number of amides is 2. The number of rotatable bonds is 9. The molecule has 9 nitrogen and oxygen atoms in total. The number of likely N-dealkylation sites (N-methyl/N-ethyl adjacent to an activating group) is 1. The van der Waals surface area contributed by atoms with Gasteiger partial charge in [0.15, 0.2) is 13.1 Å². The molecule has 1 aromatic rings. The number of carbonyl (C=O) groups excluding carboxylic acids is 2. The number of nitro benzene ring substituents is 1. The zero-order valence-corrected chi connectivity index (χ0v) is 14.9. The smallest absolute Gasteiger partial charge is 0.296 e. The molecule has 138 valence electrons. The molecule has 1 unspecified atom stereocenters. The molecule has 0 spiro atoms. The van der Waals surface area contributed by atoms with Crippen molar-refractivity contribution in [2.45, 2.75) is 26.8 Å². The number of quaternary nitrogens is 1. The molecular weight excluding hydrogens is 328 g/mol. The number of hydrogen-bond donors (Lipinski definition) is 3. The molecule has 2 amide bonds. The third-order valence-corrected chi connectivity index (χ3v) is 3.45. The number of benzene rings is 1. The number of carbonyl (C=O) groups is 2. The van der Waals surface area contributed by atoms with Crippen molar-refractivity contribution < 1.29 is 24.1 Å². The van der Waals surface area contributed by atoms with Crippen LogP contribution >= 0.6 is 0 Å². The highest BCUT2D eigenvalue weighted by Gasteiger charge is 2.21. The number of methoxy groups -OCH3 is 1. The molecule has 9 heteroatoms. The Balaban J connectivity index is 2.75. The minimum Gasteiger partial charge on any atom is -0.496 e. The van der Waals surface area contributed by atoms with Gasteiger partial charge in [0.25, 0.3) is 17.5 Å². The largest absolute Gasteiger partial charge is 0.496 e. The molecule has 0 radical (unpaired) electrons. The van der Waals surface area contributed by atoms with Gasteiger partial charge in [0.2, 0.25) is 0 Å². The Morgan fingerprint density at radius 2 is 1.92 bits per heavy atom. The summed E-state index contributed by atoms with van der Waals surface area (Å²) in [7, 11) is 1.40. The summed E-state index contributed by atoms with van der Waals surface area (Å²) in [5.41, 5.74) is -0.152. The Morgan fingerprint density at radius 1 is 1.28 bits per heavy atom. The van der Waals surface area contributed by atoms with E-state index in [0.717, 1.165) is 4.90 Å². The molecule has 0 fully saturated rings. The SMILES string of the molecule is CC[NH+](CC(=O)Nc1ccc(OC)cc1[N+](=O)[O-])CC(=O)NC(C)C. The molecular formula is C16H25N4O5+. The average molecular weight is 353 g/mol. The van der Waals surface area contributed by atoms with Gasteiger partial charge in [-0.05, 0) is 32.9 Å². The quantitative estimate of drug-likeness (QED) is 0.426. The fourth-order valence-corrected chi connectivity index (χ4v) is 2.23. The molecule has 1 atom stereocenters. The van der Waals surface area contributed by atoms with E-state index < -0.39 is 10.8 Å². The maximum absolute atomic E-state index is 12.2. The first-order chi connectivity index (χ1) is 11.8. The van der Waals surface area contributed by atoms with Gasteiger partial charge in [-0.25, -0.2) is 0 Å². The number of nitrogens with one attached hydrogen (secondary N) is 3. The van der Waals surface area contributed by atoms with Crippen molar-refractivity contribution in [2.24, 2.45) is 0 Å². The molecule has 1 rings (SSSR count). The summed E-state index contributed by atoms with van der Waals surface area (Å²) in [6, 6.07) is 4.23. The topological polar surface area (TPSA) is 115 Å². The first kappa shape index (κ1) is 20.4. The van der Waals surface area contributed by atoms with Crippen LogP contribution in [0.15, 0.2) is 18.2 Å². The highest BCUT2D eigenvalue weighted by molar-refractivity contribution is 5.94. The monoisotopic (exact) mass is 353 g/mol. The Kier molecular flexibility index (Phi) is 7.80. The van der Waals surface area contributed by atoms with Crippen molar-refractivity contribution in [1.82, 2.24) is 5.32 Å². The van der Waals surface area contributed by atoms with Gasteiger partial charge in [0.1, 0.15) is 11.4 Å². The van der Waals surface area contributed by atoms with Gasteiger partial charge in [-0.1, -0.05) is 0 Å². The van der Waals surface area contributed by atoms with Crippen molar-refractivity contribution in [2.75, 3.05) is 32.1 Å². The first-order valence-corrected chi connectivity index (χ1v) is 8.02. The number of anilines is 1. The number of nitrogens with zero attached hydrogens (tertiary/aromatic N) is 1. The van der Waals surface area contributed by atoms with Crippen LogP contribution in [0.5, 0.6) is 5.75 Å². The van der Waals surface area contributed by atoms with Crippen LogP contribution < -0.4 is 20.3 Å². The molecule has 0 aliphatic heterocycles. The van der Waals surface area contributed by atoms with Crippen LogP contribution in [0, 0.1) is 10.1 Å². The zero-order chi connectivity index (χ0) is 19.0. The van der Waals surface area contributed by atoms with E-state index >= 15 is 0 Å². The van der Waals surface area contributed by atoms with Crippen molar-refractivity contribution in [3.63, 3.8) is 0 Å². The second-order valence-corrected chi connectivity index (χ2v) is 5.87. The van der Waals surface area contributed by atoms with E-state index in [1.165, 1.54) is 25.3 Å². The molecule has 0 heterocycles.